The van der Waals surface area contributed by atoms with Crippen LogP contribution in [-0.2, 0) is 16.1 Å². The van der Waals surface area contributed by atoms with E-state index in [1.807, 2.05) is 32.0 Å². The summed E-state index contributed by atoms with van der Waals surface area (Å²) in [6.07, 6.45) is 4.25. The largest absolute Gasteiger partial charge is 0.478 e. The minimum atomic E-state index is -1.02. The summed E-state index contributed by atoms with van der Waals surface area (Å²) in [7, 11) is 0. The van der Waals surface area contributed by atoms with Crippen molar-refractivity contribution in [3.05, 3.63) is 59.4 Å². The van der Waals surface area contributed by atoms with Crippen LogP contribution < -0.4 is 5.32 Å². The molecule has 0 aliphatic carbocycles. The van der Waals surface area contributed by atoms with E-state index in [1.54, 1.807) is 22.9 Å². The Morgan fingerprint density at radius 3 is 2.55 bits per heavy atom. The Labute approximate surface area is 128 Å². The second-order valence-electron chi connectivity index (χ2n) is 5.16. The van der Waals surface area contributed by atoms with E-state index < -0.39 is 5.97 Å². The van der Waals surface area contributed by atoms with Crippen molar-refractivity contribution in [3.63, 3.8) is 0 Å². The van der Waals surface area contributed by atoms with Gasteiger partial charge in [0.2, 0.25) is 5.91 Å². The van der Waals surface area contributed by atoms with E-state index in [9.17, 15) is 9.59 Å². The van der Waals surface area contributed by atoms with Gasteiger partial charge in [-0.1, -0.05) is 6.07 Å². The Morgan fingerprint density at radius 1 is 1.23 bits per heavy atom. The maximum atomic E-state index is 12.1. The van der Waals surface area contributed by atoms with Crippen molar-refractivity contribution in [2.24, 2.45) is 0 Å². The van der Waals surface area contributed by atoms with E-state index in [0.29, 0.717) is 5.69 Å². The van der Waals surface area contributed by atoms with Crippen molar-refractivity contribution < 1.29 is 14.7 Å². The number of nitrogens with one attached hydrogen (secondary N) is 1. The quantitative estimate of drug-likeness (QED) is 0.834. The molecule has 0 spiro atoms. The van der Waals surface area contributed by atoms with Gasteiger partial charge in [-0.2, -0.15) is 0 Å². The first-order chi connectivity index (χ1) is 10.4. The first kappa shape index (κ1) is 15.6. The number of hydrogen-bond acceptors (Lipinski definition) is 2. The number of aromatic nitrogens is 1. The topological polar surface area (TPSA) is 71.3 Å². The predicted molar refractivity (Wildman–Crippen MR) is 85.6 cm³/mol. The van der Waals surface area contributed by atoms with E-state index in [2.05, 4.69) is 5.32 Å². The Bertz CT molecular complexity index is 709. The molecule has 22 heavy (non-hydrogen) atoms. The van der Waals surface area contributed by atoms with Crippen molar-refractivity contribution in [3.8, 4) is 0 Å². The SMILES string of the molecule is Cc1cc(C)cc(NC(=O)Cn2cccc2/C=C/C(=O)O)c1. The number of aliphatic carboxylic acids is 1. The maximum Gasteiger partial charge on any atom is 0.328 e. The third kappa shape index (κ3) is 4.34. The maximum absolute atomic E-state index is 12.1. The first-order valence-electron chi connectivity index (χ1n) is 6.88. The normalized spacial score (nSPS) is 10.8. The van der Waals surface area contributed by atoms with E-state index in [-0.39, 0.29) is 12.5 Å². The number of benzene rings is 1. The van der Waals surface area contributed by atoms with Crippen LogP contribution in [0.25, 0.3) is 6.08 Å². The molecule has 2 aromatic rings. The van der Waals surface area contributed by atoms with Crippen LogP contribution in [0.3, 0.4) is 0 Å². The number of hydrogen-bond donors (Lipinski definition) is 2. The van der Waals surface area contributed by atoms with Gasteiger partial charge in [0, 0.05) is 23.7 Å². The van der Waals surface area contributed by atoms with Gasteiger partial charge in [-0.3, -0.25) is 4.79 Å². The van der Waals surface area contributed by atoms with E-state index in [0.717, 1.165) is 22.9 Å². The molecule has 0 aliphatic heterocycles. The average Bonchev–Trinajstić information content (AvgIpc) is 2.82. The summed E-state index contributed by atoms with van der Waals surface area (Å²) in [5.74, 6) is -1.18. The predicted octanol–water partition coefficient (Wildman–Crippen LogP) is 2.84. The average molecular weight is 298 g/mol. The van der Waals surface area contributed by atoms with Crippen molar-refractivity contribution in [1.29, 1.82) is 0 Å². The van der Waals surface area contributed by atoms with Crippen molar-refractivity contribution in [2.75, 3.05) is 5.32 Å². The molecular weight excluding hydrogens is 280 g/mol. The molecule has 1 heterocycles. The number of aryl methyl sites for hydroxylation is 2. The third-order valence-corrected chi connectivity index (χ3v) is 3.08. The van der Waals surface area contributed by atoms with Gasteiger partial charge in [-0.15, -0.1) is 0 Å². The number of carboxylic acids is 1. The fraction of sp³-hybridized carbons (Fsp3) is 0.176. The minimum absolute atomic E-state index is 0.124. The number of carboxylic acid groups (broad SMARTS) is 1. The third-order valence-electron chi connectivity index (χ3n) is 3.08. The van der Waals surface area contributed by atoms with Gasteiger partial charge >= 0.3 is 5.97 Å². The molecule has 0 fully saturated rings. The van der Waals surface area contributed by atoms with E-state index in [4.69, 9.17) is 5.11 Å². The first-order valence-corrected chi connectivity index (χ1v) is 6.88. The molecule has 1 aromatic carbocycles. The highest BCUT2D eigenvalue weighted by Crippen LogP contribution is 2.14. The lowest BCUT2D eigenvalue weighted by molar-refractivity contribution is -0.131. The Morgan fingerprint density at radius 2 is 1.91 bits per heavy atom. The lowest BCUT2D eigenvalue weighted by Gasteiger charge is -2.09. The molecule has 5 nitrogen and oxygen atoms in total. The van der Waals surface area contributed by atoms with Gasteiger partial charge in [0.15, 0.2) is 0 Å². The van der Waals surface area contributed by atoms with Crippen LogP contribution in [0.1, 0.15) is 16.8 Å². The highest BCUT2D eigenvalue weighted by molar-refractivity contribution is 5.91. The number of amides is 1. The minimum Gasteiger partial charge on any atom is -0.478 e. The molecule has 0 unspecified atom stereocenters. The molecule has 0 saturated heterocycles. The Kier molecular flexibility index (Phi) is 4.78. The zero-order chi connectivity index (χ0) is 16.1. The number of carbonyl (C=O) groups is 2. The molecule has 2 N–H and O–H groups in total. The van der Waals surface area contributed by atoms with Crippen LogP contribution in [0.4, 0.5) is 5.69 Å². The summed E-state index contributed by atoms with van der Waals surface area (Å²) in [5, 5.41) is 11.5. The molecule has 1 aromatic heterocycles. The van der Waals surface area contributed by atoms with Gasteiger partial charge in [0.25, 0.3) is 0 Å². The summed E-state index contributed by atoms with van der Waals surface area (Å²) >= 11 is 0. The van der Waals surface area contributed by atoms with Crippen LogP contribution in [0.2, 0.25) is 0 Å². The Hall–Kier alpha value is -2.82. The number of carbonyl (C=O) groups excluding carboxylic acids is 1. The fourth-order valence-corrected chi connectivity index (χ4v) is 2.28. The molecule has 5 heteroatoms. The van der Waals surface area contributed by atoms with Gasteiger partial charge in [0.05, 0.1) is 0 Å². The van der Waals surface area contributed by atoms with Gasteiger partial charge in [-0.05, 0) is 55.3 Å². The highest BCUT2D eigenvalue weighted by Gasteiger charge is 2.06. The van der Waals surface area contributed by atoms with Crippen LogP contribution in [0.5, 0.6) is 0 Å². The van der Waals surface area contributed by atoms with Crippen LogP contribution >= 0.6 is 0 Å². The summed E-state index contributed by atoms with van der Waals surface area (Å²) in [6, 6.07) is 9.38. The van der Waals surface area contributed by atoms with Gasteiger partial charge < -0.3 is 15.0 Å². The highest BCUT2D eigenvalue weighted by atomic mass is 16.4. The van der Waals surface area contributed by atoms with Crippen molar-refractivity contribution >= 4 is 23.6 Å². The monoisotopic (exact) mass is 298 g/mol. The number of anilines is 1. The number of nitrogens with zero attached hydrogens (tertiary/aromatic N) is 1. The van der Waals surface area contributed by atoms with Crippen LogP contribution in [-0.4, -0.2) is 21.6 Å². The molecule has 1 amide bonds. The summed E-state index contributed by atoms with van der Waals surface area (Å²) < 4.78 is 1.69. The standard InChI is InChI=1S/C17H18N2O3/c1-12-8-13(2)10-14(9-12)18-16(20)11-19-7-3-4-15(19)5-6-17(21)22/h3-10H,11H2,1-2H3,(H,18,20)(H,21,22)/b6-5+. The molecule has 0 radical (unpaired) electrons. The van der Waals surface area contributed by atoms with Crippen LogP contribution in [0.15, 0.2) is 42.6 Å². The molecule has 2 rings (SSSR count). The summed E-state index contributed by atoms with van der Waals surface area (Å²) in [5.41, 5.74) is 3.60. The zero-order valence-corrected chi connectivity index (χ0v) is 12.5. The van der Waals surface area contributed by atoms with Crippen LogP contribution in [0, 0.1) is 13.8 Å². The lowest BCUT2D eigenvalue weighted by atomic mass is 10.1. The molecule has 114 valence electrons. The van der Waals surface area contributed by atoms with E-state index in [1.165, 1.54) is 6.08 Å². The fourth-order valence-electron chi connectivity index (χ4n) is 2.28. The van der Waals surface area contributed by atoms with Crippen molar-refractivity contribution in [1.82, 2.24) is 4.57 Å². The van der Waals surface area contributed by atoms with E-state index >= 15 is 0 Å². The van der Waals surface area contributed by atoms with Gasteiger partial charge in [0.1, 0.15) is 6.54 Å². The molecule has 0 bridgehead atoms. The molecule has 0 saturated carbocycles. The summed E-state index contributed by atoms with van der Waals surface area (Å²) in [4.78, 5) is 22.7. The molecular formula is C17H18N2O3. The smallest absolute Gasteiger partial charge is 0.328 e. The second kappa shape index (κ2) is 6.76. The molecule has 0 aliphatic rings. The number of rotatable bonds is 5. The van der Waals surface area contributed by atoms with Gasteiger partial charge in [-0.25, -0.2) is 4.79 Å². The Balaban J connectivity index is 2.06. The van der Waals surface area contributed by atoms with Crippen molar-refractivity contribution in [2.45, 2.75) is 20.4 Å². The summed E-state index contributed by atoms with van der Waals surface area (Å²) in [6.45, 7) is 4.08. The zero-order valence-electron chi connectivity index (χ0n) is 12.5. The molecule has 0 atom stereocenters. The second-order valence-corrected chi connectivity index (χ2v) is 5.16. The lowest BCUT2D eigenvalue weighted by Crippen LogP contribution is -2.19.